The summed E-state index contributed by atoms with van der Waals surface area (Å²) in [7, 11) is 0. The smallest absolute Gasteiger partial charge is 0.120 e. The van der Waals surface area contributed by atoms with E-state index in [1.807, 2.05) is 36.5 Å². The van der Waals surface area contributed by atoms with Crippen LogP contribution < -0.4 is 5.32 Å². The molecule has 20 heavy (non-hydrogen) atoms. The number of hydrogen-bond acceptors (Lipinski definition) is 3. The molecule has 4 nitrogen and oxygen atoms in total. The first kappa shape index (κ1) is 12.7. The predicted octanol–water partition coefficient (Wildman–Crippen LogP) is 3.52. The molecule has 2 heterocycles. The van der Waals surface area contributed by atoms with Crippen molar-refractivity contribution in [3.8, 4) is 11.3 Å². The Morgan fingerprint density at radius 2 is 2.05 bits per heavy atom. The van der Waals surface area contributed by atoms with Crippen LogP contribution in [0.2, 0.25) is 0 Å². The number of aromatic amines is 1. The minimum absolute atomic E-state index is 0.170. The van der Waals surface area contributed by atoms with Gasteiger partial charge < -0.3 is 9.73 Å². The third-order valence-electron chi connectivity index (χ3n) is 3.35. The molecule has 2 N–H and O–H groups in total. The highest BCUT2D eigenvalue weighted by Gasteiger charge is 2.11. The van der Waals surface area contributed by atoms with E-state index in [1.54, 1.807) is 6.26 Å². The maximum atomic E-state index is 5.39. The summed E-state index contributed by atoms with van der Waals surface area (Å²) in [5.41, 5.74) is 3.35. The predicted molar refractivity (Wildman–Crippen MR) is 78.0 cm³/mol. The van der Waals surface area contributed by atoms with Gasteiger partial charge in [-0.1, -0.05) is 30.3 Å². The number of nitrogens with one attached hydrogen (secondary N) is 2. The van der Waals surface area contributed by atoms with Crippen LogP contribution in [0.1, 0.15) is 24.3 Å². The molecule has 1 atom stereocenters. The van der Waals surface area contributed by atoms with E-state index in [0.29, 0.717) is 0 Å². The summed E-state index contributed by atoms with van der Waals surface area (Å²) in [5.74, 6) is 0.940. The minimum Gasteiger partial charge on any atom is -0.468 e. The van der Waals surface area contributed by atoms with Crippen molar-refractivity contribution in [3.63, 3.8) is 0 Å². The van der Waals surface area contributed by atoms with Crippen molar-refractivity contribution in [2.24, 2.45) is 0 Å². The van der Waals surface area contributed by atoms with Gasteiger partial charge in [0.25, 0.3) is 0 Å². The zero-order valence-corrected chi connectivity index (χ0v) is 11.3. The number of aromatic nitrogens is 2. The average molecular weight is 267 g/mol. The molecule has 0 aliphatic rings. The van der Waals surface area contributed by atoms with Crippen LogP contribution >= 0.6 is 0 Å². The van der Waals surface area contributed by atoms with E-state index >= 15 is 0 Å². The topological polar surface area (TPSA) is 53.9 Å². The summed E-state index contributed by atoms with van der Waals surface area (Å²) in [6.07, 6.45) is 3.56. The fraction of sp³-hybridized carbons (Fsp3) is 0.188. The molecule has 102 valence electrons. The highest BCUT2D eigenvalue weighted by molar-refractivity contribution is 5.62. The van der Waals surface area contributed by atoms with Crippen molar-refractivity contribution in [1.29, 1.82) is 0 Å². The molecular formula is C16H17N3O. The molecule has 2 aromatic heterocycles. The number of furan rings is 1. The van der Waals surface area contributed by atoms with Gasteiger partial charge in [-0.3, -0.25) is 5.10 Å². The van der Waals surface area contributed by atoms with Gasteiger partial charge in [-0.2, -0.15) is 5.10 Å². The number of benzene rings is 1. The highest BCUT2D eigenvalue weighted by Crippen LogP contribution is 2.21. The lowest BCUT2D eigenvalue weighted by atomic mass is 10.1. The Hall–Kier alpha value is -2.33. The second-order valence-corrected chi connectivity index (χ2v) is 4.75. The Bertz CT molecular complexity index is 643. The van der Waals surface area contributed by atoms with Crippen molar-refractivity contribution < 1.29 is 4.42 Å². The van der Waals surface area contributed by atoms with Crippen molar-refractivity contribution in [2.75, 3.05) is 0 Å². The van der Waals surface area contributed by atoms with E-state index in [2.05, 4.69) is 34.6 Å². The molecule has 4 heteroatoms. The van der Waals surface area contributed by atoms with Gasteiger partial charge >= 0.3 is 0 Å². The number of nitrogens with zero attached hydrogens (tertiary/aromatic N) is 1. The van der Waals surface area contributed by atoms with Gasteiger partial charge in [-0.25, -0.2) is 0 Å². The van der Waals surface area contributed by atoms with Crippen LogP contribution in [0.25, 0.3) is 11.3 Å². The summed E-state index contributed by atoms with van der Waals surface area (Å²) in [4.78, 5) is 0. The average Bonchev–Trinajstić information content (AvgIpc) is 3.17. The van der Waals surface area contributed by atoms with Gasteiger partial charge in [-0.05, 0) is 24.6 Å². The number of H-pyrrole nitrogens is 1. The first-order valence-electron chi connectivity index (χ1n) is 6.69. The Morgan fingerprint density at radius 1 is 1.20 bits per heavy atom. The van der Waals surface area contributed by atoms with Gasteiger partial charge in [0.05, 0.1) is 24.2 Å². The Kier molecular flexibility index (Phi) is 3.65. The second-order valence-electron chi connectivity index (χ2n) is 4.75. The molecule has 1 aromatic carbocycles. The fourth-order valence-electron chi connectivity index (χ4n) is 2.20. The fourth-order valence-corrected chi connectivity index (χ4v) is 2.20. The van der Waals surface area contributed by atoms with Gasteiger partial charge in [-0.15, -0.1) is 0 Å². The van der Waals surface area contributed by atoms with Gasteiger partial charge in [0.1, 0.15) is 5.76 Å². The summed E-state index contributed by atoms with van der Waals surface area (Å²) >= 11 is 0. The van der Waals surface area contributed by atoms with Gasteiger partial charge in [0.2, 0.25) is 0 Å². The minimum atomic E-state index is 0.170. The maximum absolute atomic E-state index is 5.39. The monoisotopic (exact) mass is 267 g/mol. The summed E-state index contributed by atoms with van der Waals surface area (Å²) in [5, 5.41) is 10.7. The summed E-state index contributed by atoms with van der Waals surface area (Å²) < 4.78 is 5.39. The lowest BCUT2D eigenvalue weighted by Gasteiger charge is -2.11. The zero-order chi connectivity index (χ0) is 13.8. The summed E-state index contributed by atoms with van der Waals surface area (Å²) in [6.45, 7) is 2.82. The van der Waals surface area contributed by atoms with E-state index in [-0.39, 0.29) is 6.04 Å². The van der Waals surface area contributed by atoms with Crippen LogP contribution in [0, 0.1) is 0 Å². The number of hydrogen-bond donors (Lipinski definition) is 2. The first-order valence-corrected chi connectivity index (χ1v) is 6.69. The molecule has 0 aliphatic carbocycles. The van der Waals surface area contributed by atoms with E-state index in [1.165, 1.54) is 0 Å². The van der Waals surface area contributed by atoms with Gasteiger partial charge in [0.15, 0.2) is 0 Å². The quantitative estimate of drug-likeness (QED) is 0.743. The van der Waals surface area contributed by atoms with E-state index < -0.39 is 0 Å². The van der Waals surface area contributed by atoms with Crippen LogP contribution in [-0.4, -0.2) is 10.2 Å². The van der Waals surface area contributed by atoms with Gasteiger partial charge in [0, 0.05) is 12.1 Å². The van der Waals surface area contributed by atoms with Crippen molar-refractivity contribution in [2.45, 2.75) is 19.5 Å². The van der Waals surface area contributed by atoms with E-state index in [0.717, 1.165) is 29.1 Å². The molecule has 3 rings (SSSR count). The third kappa shape index (κ3) is 2.65. The third-order valence-corrected chi connectivity index (χ3v) is 3.35. The maximum Gasteiger partial charge on any atom is 0.120 e. The van der Waals surface area contributed by atoms with Crippen LogP contribution in [-0.2, 0) is 6.54 Å². The number of rotatable bonds is 5. The zero-order valence-electron chi connectivity index (χ0n) is 11.3. The largest absolute Gasteiger partial charge is 0.468 e. The highest BCUT2D eigenvalue weighted by atomic mass is 16.3. The summed E-state index contributed by atoms with van der Waals surface area (Å²) in [6, 6.07) is 14.3. The Balaban J connectivity index is 1.72. The molecule has 0 saturated carbocycles. The van der Waals surface area contributed by atoms with Crippen LogP contribution in [0.5, 0.6) is 0 Å². The molecule has 0 fully saturated rings. The molecular weight excluding hydrogens is 250 g/mol. The molecule has 0 spiro atoms. The second kappa shape index (κ2) is 5.75. The lowest BCUT2D eigenvalue weighted by Crippen LogP contribution is -2.17. The first-order chi connectivity index (χ1) is 9.84. The normalized spacial score (nSPS) is 12.4. The van der Waals surface area contributed by atoms with E-state index in [4.69, 9.17) is 4.42 Å². The standard InChI is InChI=1S/C16H17N3O/c1-12(15-8-5-9-20-15)17-10-14-11-18-19-16(14)13-6-3-2-4-7-13/h2-9,11-12,17H,10H2,1H3,(H,18,19)/t12-/m1/s1. The van der Waals surface area contributed by atoms with E-state index in [9.17, 15) is 0 Å². The van der Waals surface area contributed by atoms with Crippen LogP contribution in [0.3, 0.4) is 0 Å². The molecule has 0 amide bonds. The SMILES string of the molecule is C[C@@H](NCc1cn[nH]c1-c1ccccc1)c1ccco1. The molecule has 3 aromatic rings. The van der Waals surface area contributed by atoms with Crippen molar-refractivity contribution in [3.05, 3.63) is 66.2 Å². The molecule has 0 unspecified atom stereocenters. The van der Waals surface area contributed by atoms with Crippen LogP contribution in [0.4, 0.5) is 0 Å². The molecule has 0 bridgehead atoms. The Morgan fingerprint density at radius 3 is 2.80 bits per heavy atom. The molecule has 0 aliphatic heterocycles. The molecule has 0 radical (unpaired) electrons. The lowest BCUT2D eigenvalue weighted by molar-refractivity contribution is 0.430. The Labute approximate surface area is 117 Å². The van der Waals surface area contributed by atoms with Crippen LogP contribution in [0.15, 0.2) is 59.3 Å². The molecule has 0 saturated heterocycles. The van der Waals surface area contributed by atoms with Crippen molar-refractivity contribution >= 4 is 0 Å². The van der Waals surface area contributed by atoms with Crippen molar-refractivity contribution in [1.82, 2.24) is 15.5 Å².